The minimum atomic E-state index is 0.309. The van der Waals surface area contributed by atoms with Gasteiger partial charge in [0.2, 0.25) is 5.95 Å². The number of hydrogen-bond acceptors (Lipinski definition) is 6. The molecule has 9 heteroatoms. The van der Waals surface area contributed by atoms with Crippen molar-refractivity contribution in [3.05, 3.63) is 40.1 Å². The number of anilines is 2. The Morgan fingerprint density at radius 3 is 2.53 bits per heavy atom. The van der Waals surface area contributed by atoms with E-state index in [0.717, 1.165) is 48.2 Å². The third-order valence-electron chi connectivity index (χ3n) is 6.69. The van der Waals surface area contributed by atoms with Crippen molar-refractivity contribution >= 4 is 46.1 Å². The van der Waals surface area contributed by atoms with Crippen molar-refractivity contribution in [1.82, 2.24) is 19.5 Å². The summed E-state index contributed by atoms with van der Waals surface area (Å²) >= 11 is 12.3. The SMILES string of the molecule is NC1CCC(Nc2nc(NCc3ccc(Cl)c(Cl)c3)c3ncn(C4CCCC4)c3n2)CC1. The van der Waals surface area contributed by atoms with Gasteiger partial charge < -0.3 is 20.9 Å². The number of nitrogens with two attached hydrogens (primary N) is 1. The van der Waals surface area contributed by atoms with Gasteiger partial charge >= 0.3 is 0 Å². The maximum absolute atomic E-state index is 6.19. The summed E-state index contributed by atoms with van der Waals surface area (Å²) in [5.41, 5.74) is 8.79. The number of halogens is 2. The smallest absolute Gasteiger partial charge is 0.227 e. The maximum Gasteiger partial charge on any atom is 0.227 e. The Bertz CT molecular complexity index is 1090. The van der Waals surface area contributed by atoms with Crippen LogP contribution in [0.4, 0.5) is 11.8 Å². The molecule has 0 spiro atoms. The van der Waals surface area contributed by atoms with Gasteiger partial charge in [0.25, 0.3) is 0 Å². The average Bonchev–Trinajstić information content (AvgIpc) is 3.46. The molecule has 1 aromatic carbocycles. The number of rotatable bonds is 6. The summed E-state index contributed by atoms with van der Waals surface area (Å²) in [6.45, 7) is 0.566. The number of aromatic nitrogens is 4. The topological polar surface area (TPSA) is 93.7 Å². The molecule has 3 aromatic rings. The summed E-state index contributed by atoms with van der Waals surface area (Å²) < 4.78 is 2.23. The lowest BCUT2D eigenvalue weighted by molar-refractivity contribution is 0.410. The van der Waals surface area contributed by atoms with Crippen molar-refractivity contribution in [2.75, 3.05) is 10.6 Å². The second kappa shape index (κ2) is 9.41. The molecule has 4 N–H and O–H groups in total. The molecule has 2 aromatic heterocycles. The normalized spacial score (nSPS) is 21.8. The number of hydrogen-bond donors (Lipinski definition) is 3. The molecule has 0 bridgehead atoms. The predicted octanol–water partition coefficient (Wildman–Crippen LogP) is 5.54. The van der Waals surface area contributed by atoms with Crippen LogP contribution in [0.1, 0.15) is 63.0 Å². The van der Waals surface area contributed by atoms with Gasteiger partial charge in [-0.15, -0.1) is 0 Å². The molecule has 5 rings (SSSR count). The van der Waals surface area contributed by atoms with Gasteiger partial charge in [-0.05, 0) is 56.2 Å². The molecule has 0 amide bonds. The fraction of sp³-hybridized carbons (Fsp3) is 0.522. The molecule has 7 nitrogen and oxygen atoms in total. The van der Waals surface area contributed by atoms with Crippen LogP contribution in [-0.4, -0.2) is 31.6 Å². The van der Waals surface area contributed by atoms with Gasteiger partial charge in [0, 0.05) is 24.7 Å². The Morgan fingerprint density at radius 1 is 1.00 bits per heavy atom. The maximum atomic E-state index is 6.19. The van der Waals surface area contributed by atoms with Gasteiger partial charge in [0.1, 0.15) is 0 Å². The van der Waals surface area contributed by atoms with E-state index in [4.69, 9.17) is 38.9 Å². The molecule has 2 heterocycles. The first-order valence-electron chi connectivity index (χ1n) is 11.5. The lowest BCUT2D eigenvalue weighted by atomic mass is 9.92. The van der Waals surface area contributed by atoms with Crippen molar-refractivity contribution in [2.45, 2.75) is 76.0 Å². The molecule has 0 unspecified atom stereocenters. The zero-order valence-electron chi connectivity index (χ0n) is 18.0. The average molecular weight is 474 g/mol. The van der Waals surface area contributed by atoms with Crippen molar-refractivity contribution in [1.29, 1.82) is 0 Å². The van der Waals surface area contributed by atoms with Crippen LogP contribution in [0.15, 0.2) is 24.5 Å². The van der Waals surface area contributed by atoms with E-state index in [-0.39, 0.29) is 0 Å². The van der Waals surface area contributed by atoms with Gasteiger partial charge in [0.05, 0.1) is 16.4 Å². The molecule has 0 atom stereocenters. The van der Waals surface area contributed by atoms with E-state index >= 15 is 0 Å². The zero-order chi connectivity index (χ0) is 22.1. The van der Waals surface area contributed by atoms with E-state index in [2.05, 4.69) is 20.2 Å². The molecule has 170 valence electrons. The number of nitrogens with zero attached hydrogens (tertiary/aromatic N) is 4. The van der Waals surface area contributed by atoms with Gasteiger partial charge in [-0.3, -0.25) is 0 Å². The van der Waals surface area contributed by atoms with E-state index in [1.807, 2.05) is 24.5 Å². The predicted molar refractivity (Wildman–Crippen MR) is 130 cm³/mol. The highest BCUT2D eigenvalue weighted by molar-refractivity contribution is 6.42. The van der Waals surface area contributed by atoms with Crippen molar-refractivity contribution in [2.24, 2.45) is 5.73 Å². The first kappa shape index (κ1) is 21.7. The Labute approximate surface area is 198 Å². The molecule has 0 aliphatic heterocycles. The summed E-state index contributed by atoms with van der Waals surface area (Å²) in [7, 11) is 0. The van der Waals surface area contributed by atoms with Crippen LogP contribution in [-0.2, 0) is 6.54 Å². The Balaban J connectivity index is 1.44. The third-order valence-corrected chi connectivity index (χ3v) is 7.43. The van der Waals surface area contributed by atoms with Gasteiger partial charge in [-0.1, -0.05) is 42.1 Å². The van der Waals surface area contributed by atoms with Crippen LogP contribution < -0.4 is 16.4 Å². The van der Waals surface area contributed by atoms with Gasteiger partial charge in [0.15, 0.2) is 17.0 Å². The highest BCUT2D eigenvalue weighted by Gasteiger charge is 2.23. The monoisotopic (exact) mass is 473 g/mol. The minimum Gasteiger partial charge on any atom is -0.364 e. The van der Waals surface area contributed by atoms with Crippen LogP contribution in [0.5, 0.6) is 0 Å². The number of benzene rings is 1. The quantitative estimate of drug-likeness (QED) is 0.434. The number of fused-ring (bicyclic) bond motifs is 1. The lowest BCUT2D eigenvalue weighted by Crippen LogP contribution is -2.33. The van der Waals surface area contributed by atoms with E-state index in [1.165, 1.54) is 25.7 Å². The molecule has 0 radical (unpaired) electrons. The first-order chi connectivity index (χ1) is 15.6. The van der Waals surface area contributed by atoms with Crippen LogP contribution in [0.2, 0.25) is 10.0 Å². The van der Waals surface area contributed by atoms with Crippen molar-refractivity contribution in [3.8, 4) is 0 Å². The summed E-state index contributed by atoms with van der Waals surface area (Å²) in [5.74, 6) is 1.38. The number of imidazole rings is 1. The zero-order valence-corrected chi connectivity index (χ0v) is 19.5. The Kier molecular flexibility index (Phi) is 6.40. The van der Waals surface area contributed by atoms with Gasteiger partial charge in [-0.25, -0.2) is 4.98 Å². The van der Waals surface area contributed by atoms with Crippen molar-refractivity contribution in [3.63, 3.8) is 0 Å². The first-order valence-corrected chi connectivity index (χ1v) is 12.3. The van der Waals surface area contributed by atoms with Gasteiger partial charge in [-0.2, -0.15) is 9.97 Å². The molecule has 32 heavy (non-hydrogen) atoms. The fourth-order valence-corrected chi connectivity index (χ4v) is 5.16. The summed E-state index contributed by atoms with van der Waals surface area (Å²) in [4.78, 5) is 14.4. The van der Waals surface area contributed by atoms with Crippen LogP contribution in [0.25, 0.3) is 11.2 Å². The van der Waals surface area contributed by atoms with E-state index in [1.54, 1.807) is 0 Å². The molecule has 2 aliphatic rings. The Hall–Kier alpha value is -2.09. The molecule has 2 aliphatic carbocycles. The molecular formula is C23H29Cl2N7. The second-order valence-corrected chi connectivity index (χ2v) is 9.83. The third kappa shape index (κ3) is 4.65. The minimum absolute atomic E-state index is 0.309. The van der Waals surface area contributed by atoms with E-state index < -0.39 is 0 Å². The van der Waals surface area contributed by atoms with Crippen LogP contribution in [0.3, 0.4) is 0 Å². The van der Waals surface area contributed by atoms with Crippen LogP contribution >= 0.6 is 23.2 Å². The van der Waals surface area contributed by atoms with E-state index in [9.17, 15) is 0 Å². The number of nitrogens with one attached hydrogen (secondary N) is 2. The summed E-state index contributed by atoms with van der Waals surface area (Å²) in [5, 5.41) is 8.10. The highest BCUT2D eigenvalue weighted by atomic mass is 35.5. The second-order valence-electron chi connectivity index (χ2n) is 9.02. The molecular weight excluding hydrogens is 445 g/mol. The summed E-state index contributed by atoms with van der Waals surface area (Å²) in [6, 6.07) is 6.75. The standard InChI is InChI=1S/C23H29Cl2N7/c24-18-10-5-14(11-19(18)25)12-27-21-20-22(32(13-28-20)17-3-1-2-4-17)31-23(30-21)29-16-8-6-15(26)7-9-16/h5,10-11,13,15-17H,1-4,6-9,12,26H2,(H2,27,29,30,31). The Morgan fingerprint density at radius 2 is 1.78 bits per heavy atom. The van der Waals surface area contributed by atoms with Crippen LogP contribution in [0, 0.1) is 0 Å². The molecule has 0 saturated heterocycles. The molecule has 2 fully saturated rings. The largest absolute Gasteiger partial charge is 0.364 e. The van der Waals surface area contributed by atoms with E-state index in [0.29, 0.717) is 40.7 Å². The molecule has 2 saturated carbocycles. The lowest BCUT2D eigenvalue weighted by Gasteiger charge is -2.27. The van der Waals surface area contributed by atoms with Crippen molar-refractivity contribution < 1.29 is 0 Å². The highest BCUT2D eigenvalue weighted by Crippen LogP contribution is 2.33. The summed E-state index contributed by atoms with van der Waals surface area (Å²) in [6.07, 6.45) is 10.9. The fourth-order valence-electron chi connectivity index (χ4n) is 4.84.